The van der Waals surface area contributed by atoms with Gasteiger partial charge in [-0.25, -0.2) is 4.79 Å². The molecule has 2 rings (SSSR count). The van der Waals surface area contributed by atoms with Gasteiger partial charge in [-0.1, -0.05) is 51.8 Å². The minimum atomic E-state index is -0.600. The minimum Gasteiger partial charge on any atom is -0.452 e. The molecule has 0 aliphatic carbocycles. The molecule has 4 nitrogen and oxygen atoms in total. The average Bonchev–Trinajstić information content (AvgIpc) is 2.54. The molecule has 0 aromatic heterocycles. The van der Waals surface area contributed by atoms with Gasteiger partial charge in [-0.05, 0) is 42.3 Å². The van der Waals surface area contributed by atoms with Crippen LogP contribution in [0.4, 0.5) is 5.69 Å². The Bertz CT molecular complexity index is 790. The molecule has 0 saturated carbocycles. The van der Waals surface area contributed by atoms with Gasteiger partial charge in [-0.3, -0.25) is 4.79 Å². The molecule has 2 aromatic rings. The van der Waals surface area contributed by atoms with Gasteiger partial charge in [0.05, 0.1) is 10.7 Å². The third kappa shape index (κ3) is 5.51. The van der Waals surface area contributed by atoms with Crippen LogP contribution >= 0.6 is 27.5 Å². The van der Waals surface area contributed by atoms with Crippen LogP contribution in [0.1, 0.15) is 11.1 Å². The van der Waals surface area contributed by atoms with E-state index in [4.69, 9.17) is 16.3 Å². The molecule has 2 aromatic carbocycles. The van der Waals surface area contributed by atoms with Crippen molar-refractivity contribution in [2.45, 2.75) is 6.92 Å². The van der Waals surface area contributed by atoms with E-state index in [2.05, 4.69) is 21.2 Å². The fourth-order valence-corrected chi connectivity index (χ4v) is 2.67. The second kappa shape index (κ2) is 8.66. The van der Waals surface area contributed by atoms with Crippen molar-refractivity contribution in [1.82, 2.24) is 0 Å². The van der Waals surface area contributed by atoms with Crippen LogP contribution in [-0.2, 0) is 14.3 Å². The van der Waals surface area contributed by atoms with Gasteiger partial charge in [0.2, 0.25) is 0 Å². The number of amides is 1. The fraction of sp³-hybridized carbons (Fsp3) is 0.111. The summed E-state index contributed by atoms with van der Waals surface area (Å²) in [4.78, 5) is 23.4. The molecule has 0 saturated heterocycles. The highest BCUT2D eigenvalue weighted by molar-refractivity contribution is 9.10. The first kappa shape index (κ1) is 18.2. The Morgan fingerprint density at radius 2 is 2.00 bits per heavy atom. The number of esters is 1. The zero-order valence-corrected chi connectivity index (χ0v) is 15.2. The van der Waals surface area contributed by atoms with Crippen molar-refractivity contribution >= 4 is 51.2 Å². The van der Waals surface area contributed by atoms with Gasteiger partial charge < -0.3 is 10.1 Å². The van der Waals surface area contributed by atoms with Crippen molar-refractivity contribution in [2.24, 2.45) is 0 Å². The van der Waals surface area contributed by atoms with Crippen LogP contribution in [-0.4, -0.2) is 18.5 Å². The van der Waals surface area contributed by atoms with E-state index in [9.17, 15) is 9.59 Å². The third-order valence-electron chi connectivity index (χ3n) is 3.05. The summed E-state index contributed by atoms with van der Waals surface area (Å²) in [5.41, 5.74) is 2.43. The molecule has 6 heteroatoms. The van der Waals surface area contributed by atoms with Gasteiger partial charge in [0.1, 0.15) is 0 Å². The van der Waals surface area contributed by atoms with Crippen LogP contribution in [0.2, 0.25) is 5.02 Å². The molecule has 0 radical (unpaired) electrons. The number of aryl methyl sites for hydroxylation is 1. The Labute approximate surface area is 153 Å². The van der Waals surface area contributed by atoms with Gasteiger partial charge >= 0.3 is 5.97 Å². The normalized spacial score (nSPS) is 10.6. The molecule has 0 heterocycles. The summed E-state index contributed by atoms with van der Waals surface area (Å²) in [6.45, 7) is 1.59. The molecule has 0 aliphatic rings. The smallest absolute Gasteiger partial charge is 0.331 e. The summed E-state index contributed by atoms with van der Waals surface area (Å²) in [6.07, 6.45) is 2.90. The van der Waals surface area contributed by atoms with Crippen LogP contribution in [0.5, 0.6) is 0 Å². The molecule has 0 bridgehead atoms. The lowest BCUT2D eigenvalue weighted by molar-refractivity contribution is -0.142. The standard InChI is InChI=1S/C18H15BrClNO3/c1-12-6-7-13(14(19)10-12)8-9-18(23)24-11-17(22)21-16-5-3-2-4-15(16)20/h2-10H,11H2,1H3,(H,21,22)/b9-8+. The van der Waals surface area contributed by atoms with Gasteiger partial charge in [-0.2, -0.15) is 0 Å². The van der Waals surface area contributed by atoms with E-state index in [1.54, 1.807) is 30.3 Å². The van der Waals surface area contributed by atoms with E-state index >= 15 is 0 Å². The Morgan fingerprint density at radius 3 is 2.71 bits per heavy atom. The Hall–Kier alpha value is -2.11. The third-order valence-corrected chi connectivity index (χ3v) is 4.06. The number of anilines is 1. The van der Waals surface area contributed by atoms with Gasteiger partial charge in [0.15, 0.2) is 6.61 Å². The minimum absolute atomic E-state index is 0.385. The molecular weight excluding hydrogens is 394 g/mol. The predicted molar refractivity (Wildman–Crippen MR) is 99.0 cm³/mol. The highest BCUT2D eigenvalue weighted by atomic mass is 79.9. The molecule has 24 heavy (non-hydrogen) atoms. The molecular formula is C18H15BrClNO3. The van der Waals surface area contributed by atoms with E-state index in [0.29, 0.717) is 10.7 Å². The number of ether oxygens (including phenoxy) is 1. The molecule has 124 valence electrons. The summed E-state index contributed by atoms with van der Waals surface area (Å²) in [5.74, 6) is -1.06. The monoisotopic (exact) mass is 407 g/mol. The number of hydrogen-bond donors (Lipinski definition) is 1. The Balaban J connectivity index is 1.85. The van der Waals surface area contributed by atoms with Crippen LogP contribution < -0.4 is 5.32 Å². The maximum Gasteiger partial charge on any atom is 0.331 e. The van der Waals surface area contributed by atoms with Crippen molar-refractivity contribution in [3.05, 3.63) is 69.2 Å². The lowest BCUT2D eigenvalue weighted by atomic mass is 10.1. The quantitative estimate of drug-likeness (QED) is 0.581. The molecule has 0 aliphatic heterocycles. The Kier molecular flexibility index (Phi) is 6.58. The number of nitrogens with one attached hydrogen (secondary N) is 1. The molecule has 0 unspecified atom stereocenters. The summed E-state index contributed by atoms with van der Waals surface area (Å²) in [6, 6.07) is 12.6. The predicted octanol–water partition coefficient (Wildman–Crippen LogP) is 4.61. The van der Waals surface area contributed by atoms with Crippen LogP contribution in [0.25, 0.3) is 6.08 Å². The first-order valence-corrected chi connectivity index (χ1v) is 8.28. The largest absolute Gasteiger partial charge is 0.452 e. The maximum atomic E-state index is 11.8. The number of carbonyl (C=O) groups is 2. The molecule has 1 amide bonds. The van der Waals surface area contributed by atoms with Crippen molar-refractivity contribution in [3.8, 4) is 0 Å². The molecule has 0 atom stereocenters. The van der Waals surface area contributed by atoms with E-state index in [1.807, 2.05) is 25.1 Å². The van der Waals surface area contributed by atoms with Crippen LogP contribution in [0, 0.1) is 6.92 Å². The van der Waals surface area contributed by atoms with E-state index in [-0.39, 0.29) is 6.61 Å². The SMILES string of the molecule is Cc1ccc(/C=C/C(=O)OCC(=O)Nc2ccccc2Cl)c(Br)c1. The zero-order valence-electron chi connectivity index (χ0n) is 12.9. The van der Waals surface area contributed by atoms with Crippen molar-refractivity contribution < 1.29 is 14.3 Å². The van der Waals surface area contributed by atoms with Crippen molar-refractivity contribution in [2.75, 3.05) is 11.9 Å². The topological polar surface area (TPSA) is 55.4 Å². The number of halogens is 2. The number of carbonyl (C=O) groups excluding carboxylic acids is 2. The van der Waals surface area contributed by atoms with Crippen molar-refractivity contribution in [3.63, 3.8) is 0 Å². The van der Waals surface area contributed by atoms with E-state index < -0.39 is 11.9 Å². The first-order valence-electron chi connectivity index (χ1n) is 7.11. The summed E-state index contributed by atoms with van der Waals surface area (Å²) < 4.78 is 5.78. The second-order valence-corrected chi connectivity index (χ2v) is 6.26. The second-order valence-electron chi connectivity index (χ2n) is 4.99. The molecule has 1 N–H and O–H groups in total. The number of benzene rings is 2. The Morgan fingerprint density at radius 1 is 1.25 bits per heavy atom. The van der Waals surface area contributed by atoms with Gasteiger partial charge in [-0.15, -0.1) is 0 Å². The van der Waals surface area contributed by atoms with Crippen molar-refractivity contribution in [1.29, 1.82) is 0 Å². The fourth-order valence-electron chi connectivity index (χ4n) is 1.86. The zero-order chi connectivity index (χ0) is 17.5. The summed E-state index contributed by atoms with van der Waals surface area (Å²) in [5, 5.41) is 2.99. The highest BCUT2D eigenvalue weighted by Gasteiger charge is 2.07. The van der Waals surface area contributed by atoms with Crippen LogP contribution in [0.3, 0.4) is 0 Å². The maximum absolute atomic E-state index is 11.8. The highest BCUT2D eigenvalue weighted by Crippen LogP contribution is 2.20. The summed E-state index contributed by atoms with van der Waals surface area (Å²) in [7, 11) is 0. The number of hydrogen-bond acceptors (Lipinski definition) is 3. The average molecular weight is 409 g/mol. The first-order chi connectivity index (χ1) is 11.5. The number of rotatable bonds is 5. The lowest BCUT2D eigenvalue weighted by Crippen LogP contribution is -2.20. The van der Waals surface area contributed by atoms with Gasteiger partial charge in [0, 0.05) is 10.5 Å². The lowest BCUT2D eigenvalue weighted by Gasteiger charge is -2.06. The number of para-hydroxylation sites is 1. The molecule has 0 spiro atoms. The van der Waals surface area contributed by atoms with E-state index in [1.165, 1.54) is 6.08 Å². The summed E-state index contributed by atoms with van der Waals surface area (Å²) >= 11 is 9.36. The van der Waals surface area contributed by atoms with Gasteiger partial charge in [0.25, 0.3) is 5.91 Å². The van der Waals surface area contributed by atoms with Crippen LogP contribution in [0.15, 0.2) is 53.0 Å². The van der Waals surface area contributed by atoms with E-state index in [0.717, 1.165) is 15.6 Å². The molecule has 0 fully saturated rings.